The monoisotopic (exact) mass is 193 g/mol. The molecule has 1 aliphatic heterocycles. The molecule has 1 aromatic rings. The molecule has 0 saturated carbocycles. The van der Waals surface area contributed by atoms with Crippen molar-refractivity contribution in [2.75, 3.05) is 19.8 Å². The average molecular weight is 193 g/mol. The van der Waals surface area contributed by atoms with E-state index >= 15 is 0 Å². The van der Waals surface area contributed by atoms with Crippen LogP contribution in [0.3, 0.4) is 0 Å². The van der Waals surface area contributed by atoms with E-state index in [1.807, 2.05) is 19.1 Å². The summed E-state index contributed by atoms with van der Waals surface area (Å²) in [5, 5.41) is 13.1. The molecule has 3 heteroatoms. The number of morpholine rings is 1. The number of nitrogens with one attached hydrogen (secondary N) is 1. The molecule has 2 rings (SSSR count). The molecular formula is C11H15NO2. The summed E-state index contributed by atoms with van der Waals surface area (Å²) in [4.78, 5) is 0. The van der Waals surface area contributed by atoms with Gasteiger partial charge in [-0.2, -0.15) is 0 Å². The van der Waals surface area contributed by atoms with Gasteiger partial charge in [0.1, 0.15) is 5.75 Å². The zero-order valence-electron chi connectivity index (χ0n) is 8.29. The molecule has 0 aliphatic carbocycles. The molecule has 3 nitrogen and oxygen atoms in total. The molecule has 2 N–H and O–H groups in total. The first-order chi connectivity index (χ1) is 6.79. The molecule has 1 heterocycles. The van der Waals surface area contributed by atoms with Gasteiger partial charge in [-0.3, -0.25) is 0 Å². The van der Waals surface area contributed by atoms with E-state index in [1.54, 1.807) is 6.07 Å². The second-order valence-electron chi connectivity index (χ2n) is 3.59. The van der Waals surface area contributed by atoms with Crippen LogP contribution in [0.5, 0.6) is 5.75 Å². The van der Waals surface area contributed by atoms with Gasteiger partial charge in [0.15, 0.2) is 0 Å². The quantitative estimate of drug-likeness (QED) is 0.707. The average Bonchev–Trinajstić information content (AvgIpc) is 2.19. The number of phenols is 1. The fourth-order valence-corrected chi connectivity index (χ4v) is 1.87. The minimum atomic E-state index is 0.130. The van der Waals surface area contributed by atoms with E-state index < -0.39 is 0 Å². The van der Waals surface area contributed by atoms with Crippen LogP contribution in [0.4, 0.5) is 0 Å². The van der Waals surface area contributed by atoms with Crippen molar-refractivity contribution in [1.29, 1.82) is 0 Å². The lowest BCUT2D eigenvalue weighted by Gasteiger charge is -2.26. The lowest BCUT2D eigenvalue weighted by atomic mass is 10.00. The fourth-order valence-electron chi connectivity index (χ4n) is 1.87. The Kier molecular flexibility index (Phi) is 2.70. The topological polar surface area (TPSA) is 41.5 Å². The van der Waals surface area contributed by atoms with Gasteiger partial charge in [0.25, 0.3) is 0 Å². The molecule has 76 valence electrons. The molecule has 1 aliphatic rings. The van der Waals surface area contributed by atoms with E-state index in [1.165, 1.54) is 0 Å². The van der Waals surface area contributed by atoms with Crippen LogP contribution in [0, 0.1) is 6.92 Å². The number of phenolic OH excluding ortho intramolecular Hbond substituents is 1. The van der Waals surface area contributed by atoms with Crippen molar-refractivity contribution >= 4 is 0 Å². The molecule has 1 fully saturated rings. The first kappa shape index (κ1) is 9.49. The molecule has 0 unspecified atom stereocenters. The molecule has 1 saturated heterocycles. The van der Waals surface area contributed by atoms with Crippen LogP contribution >= 0.6 is 0 Å². The van der Waals surface area contributed by atoms with Crippen molar-refractivity contribution in [3.05, 3.63) is 29.3 Å². The van der Waals surface area contributed by atoms with Crippen LogP contribution < -0.4 is 5.32 Å². The zero-order chi connectivity index (χ0) is 9.97. The van der Waals surface area contributed by atoms with Crippen molar-refractivity contribution < 1.29 is 9.84 Å². The summed E-state index contributed by atoms with van der Waals surface area (Å²) < 4.78 is 5.37. The van der Waals surface area contributed by atoms with E-state index in [0.29, 0.717) is 12.4 Å². The Hall–Kier alpha value is -1.06. The standard InChI is InChI=1S/C11H15NO2/c1-8-3-2-4-10(13)11(8)9-7-14-6-5-12-9/h2-4,9,12-13H,5-7H2,1H3/t9-/m1/s1. The third kappa shape index (κ3) is 1.74. The van der Waals surface area contributed by atoms with Crippen molar-refractivity contribution in [2.24, 2.45) is 0 Å². The largest absolute Gasteiger partial charge is 0.508 e. The highest BCUT2D eigenvalue weighted by atomic mass is 16.5. The van der Waals surface area contributed by atoms with Crippen LogP contribution in [-0.4, -0.2) is 24.9 Å². The third-order valence-corrected chi connectivity index (χ3v) is 2.57. The minimum absolute atomic E-state index is 0.130. The van der Waals surface area contributed by atoms with Crippen LogP contribution in [0.1, 0.15) is 17.2 Å². The molecule has 0 aromatic heterocycles. The zero-order valence-corrected chi connectivity index (χ0v) is 8.29. The molecule has 14 heavy (non-hydrogen) atoms. The normalized spacial score (nSPS) is 22.2. The summed E-state index contributed by atoms with van der Waals surface area (Å²) in [6.45, 7) is 4.24. The highest BCUT2D eigenvalue weighted by Crippen LogP contribution is 2.28. The summed E-state index contributed by atoms with van der Waals surface area (Å²) in [5.74, 6) is 0.355. The molecule has 0 bridgehead atoms. The van der Waals surface area contributed by atoms with E-state index in [4.69, 9.17) is 4.74 Å². The Labute approximate surface area is 83.7 Å². The lowest BCUT2D eigenvalue weighted by molar-refractivity contribution is 0.0759. The van der Waals surface area contributed by atoms with E-state index in [9.17, 15) is 5.11 Å². The van der Waals surface area contributed by atoms with Crippen LogP contribution in [0.15, 0.2) is 18.2 Å². The van der Waals surface area contributed by atoms with Crippen molar-refractivity contribution in [3.8, 4) is 5.75 Å². The van der Waals surface area contributed by atoms with Crippen molar-refractivity contribution in [1.82, 2.24) is 5.32 Å². The summed E-state index contributed by atoms with van der Waals surface area (Å²) in [5.41, 5.74) is 2.07. The lowest BCUT2D eigenvalue weighted by Crippen LogP contribution is -2.34. The van der Waals surface area contributed by atoms with Crippen LogP contribution in [0.25, 0.3) is 0 Å². The van der Waals surface area contributed by atoms with Crippen molar-refractivity contribution in [2.45, 2.75) is 13.0 Å². The Morgan fingerprint density at radius 3 is 3.00 bits per heavy atom. The van der Waals surface area contributed by atoms with Crippen LogP contribution in [-0.2, 0) is 4.74 Å². The number of ether oxygens (including phenoxy) is 1. The summed E-state index contributed by atoms with van der Waals surface area (Å²) in [6, 6.07) is 5.71. The summed E-state index contributed by atoms with van der Waals surface area (Å²) in [7, 11) is 0. The first-order valence-corrected chi connectivity index (χ1v) is 4.88. The molecular weight excluding hydrogens is 178 g/mol. The maximum atomic E-state index is 9.75. The smallest absolute Gasteiger partial charge is 0.120 e. The molecule has 1 aromatic carbocycles. The maximum absolute atomic E-state index is 9.75. The Morgan fingerprint density at radius 1 is 1.50 bits per heavy atom. The summed E-state index contributed by atoms with van der Waals surface area (Å²) >= 11 is 0. The van der Waals surface area contributed by atoms with E-state index in [-0.39, 0.29) is 6.04 Å². The van der Waals surface area contributed by atoms with Gasteiger partial charge in [0.2, 0.25) is 0 Å². The third-order valence-electron chi connectivity index (χ3n) is 2.57. The van der Waals surface area contributed by atoms with Crippen molar-refractivity contribution in [3.63, 3.8) is 0 Å². The van der Waals surface area contributed by atoms with Gasteiger partial charge in [-0.1, -0.05) is 12.1 Å². The molecule has 1 atom stereocenters. The number of aryl methyl sites for hydroxylation is 1. The number of benzene rings is 1. The van der Waals surface area contributed by atoms with Gasteiger partial charge < -0.3 is 15.2 Å². The van der Waals surface area contributed by atoms with Gasteiger partial charge in [0, 0.05) is 12.1 Å². The van der Waals surface area contributed by atoms with Gasteiger partial charge >= 0.3 is 0 Å². The first-order valence-electron chi connectivity index (χ1n) is 4.88. The van der Waals surface area contributed by atoms with Gasteiger partial charge in [-0.15, -0.1) is 0 Å². The van der Waals surface area contributed by atoms with E-state index in [0.717, 1.165) is 24.3 Å². The highest BCUT2D eigenvalue weighted by Gasteiger charge is 2.19. The predicted molar refractivity (Wildman–Crippen MR) is 54.4 cm³/mol. The summed E-state index contributed by atoms with van der Waals surface area (Å²) in [6.07, 6.45) is 0. The SMILES string of the molecule is Cc1cccc(O)c1[C@H]1COCCN1. The molecule has 0 amide bonds. The number of hydrogen-bond donors (Lipinski definition) is 2. The predicted octanol–water partition coefficient (Wildman–Crippen LogP) is 1.36. The van der Waals surface area contributed by atoms with Gasteiger partial charge in [-0.05, 0) is 18.6 Å². The number of aromatic hydroxyl groups is 1. The fraction of sp³-hybridized carbons (Fsp3) is 0.455. The maximum Gasteiger partial charge on any atom is 0.120 e. The van der Waals surface area contributed by atoms with E-state index in [2.05, 4.69) is 5.32 Å². The molecule has 0 radical (unpaired) electrons. The number of rotatable bonds is 1. The van der Waals surface area contributed by atoms with Gasteiger partial charge in [-0.25, -0.2) is 0 Å². The Balaban J connectivity index is 2.29. The second-order valence-corrected chi connectivity index (χ2v) is 3.59. The Bertz CT molecular complexity index is 299. The Morgan fingerprint density at radius 2 is 2.36 bits per heavy atom. The number of hydrogen-bond acceptors (Lipinski definition) is 3. The molecule has 0 spiro atoms. The van der Waals surface area contributed by atoms with Gasteiger partial charge in [0.05, 0.1) is 19.3 Å². The van der Waals surface area contributed by atoms with Crippen LogP contribution in [0.2, 0.25) is 0 Å². The highest BCUT2D eigenvalue weighted by molar-refractivity contribution is 5.41. The minimum Gasteiger partial charge on any atom is -0.508 e. The second kappa shape index (κ2) is 3.98.